The van der Waals surface area contributed by atoms with Gasteiger partial charge in [-0.15, -0.1) is 0 Å². The van der Waals surface area contributed by atoms with Gasteiger partial charge in [-0.2, -0.15) is 5.10 Å². The molecule has 0 radical (unpaired) electrons. The largest absolute Gasteiger partial charge is 0.508 e. The molecule has 4 nitrogen and oxygen atoms in total. The number of nitrogens with one attached hydrogen (secondary N) is 1. The van der Waals surface area contributed by atoms with Crippen molar-refractivity contribution < 1.29 is 5.11 Å². The van der Waals surface area contributed by atoms with Crippen molar-refractivity contribution in [1.82, 2.24) is 9.78 Å². The second-order valence-corrected chi connectivity index (χ2v) is 4.73. The Hall–Kier alpha value is -1.97. The minimum absolute atomic E-state index is 0.317. The van der Waals surface area contributed by atoms with Gasteiger partial charge in [0.05, 0.1) is 0 Å². The van der Waals surface area contributed by atoms with E-state index in [0.29, 0.717) is 12.3 Å². The number of anilines is 1. The first-order valence-corrected chi connectivity index (χ1v) is 6.76. The summed E-state index contributed by atoms with van der Waals surface area (Å²) in [5.74, 6) is 1.17. The smallest absolute Gasteiger partial charge is 0.148 e. The number of phenolic OH excluding ortho intramolecular Hbond substituents is 1. The normalized spacial score (nSPS) is 10.6. The molecule has 19 heavy (non-hydrogen) atoms. The fourth-order valence-corrected chi connectivity index (χ4v) is 1.98. The Labute approximate surface area is 114 Å². The summed E-state index contributed by atoms with van der Waals surface area (Å²) >= 11 is 0. The highest BCUT2D eigenvalue weighted by Crippen LogP contribution is 2.17. The van der Waals surface area contributed by atoms with E-state index >= 15 is 0 Å². The van der Waals surface area contributed by atoms with Crippen molar-refractivity contribution in [2.24, 2.45) is 0 Å². The molecule has 0 fully saturated rings. The van der Waals surface area contributed by atoms with Gasteiger partial charge in [-0.05, 0) is 19.4 Å². The number of benzene rings is 1. The monoisotopic (exact) mass is 259 g/mol. The number of aryl methyl sites for hydroxylation is 2. The summed E-state index contributed by atoms with van der Waals surface area (Å²) in [6.45, 7) is 5.78. The molecule has 0 saturated carbocycles. The van der Waals surface area contributed by atoms with E-state index < -0.39 is 0 Å². The van der Waals surface area contributed by atoms with E-state index in [2.05, 4.69) is 24.3 Å². The predicted octanol–water partition coefficient (Wildman–Crippen LogP) is 3.31. The molecule has 0 spiro atoms. The molecule has 1 heterocycles. The van der Waals surface area contributed by atoms with E-state index in [9.17, 15) is 5.11 Å². The number of phenols is 1. The lowest BCUT2D eigenvalue weighted by molar-refractivity contribution is 0.469. The van der Waals surface area contributed by atoms with E-state index in [1.165, 1.54) is 6.42 Å². The molecule has 0 aliphatic heterocycles. The lowest BCUT2D eigenvalue weighted by atomic mass is 10.2. The number of para-hydroxylation sites is 1. The van der Waals surface area contributed by atoms with E-state index in [1.807, 2.05) is 28.9 Å². The number of unbranched alkanes of at least 4 members (excludes halogenated alkanes) is 1. The zero-order valence-corrected chi connectivity index (χ0v) is 11.6. The van der Waals surface area contributed by atoms with Crippen LogP contribution in [0.25, 0.3) is 0 Å². The van der Waals surface area contributed by atoms with Gasteiger partial charge in [0.15, 0.2) is 0 Å². The lowest BCUT2D eigenvalue weighted by Crippen LogP contribution is -2.04. The highest BCUT2D eigenvalue weighted by atomic mass is 16.3. The van der Waals surface area contributed by atoms with Crippen molar-refractivity contribution >= 4 is 5.82 Å². The molecule has 2 rings (SSSR count). The van der Waals surface area contributed by atoms with Crippen molar-refractivity contribution in [1.29, 1.82) is 0 Å². The maximum Gasteiger partial charge on any atom is 0.148 e. The van der Waals surface area contributed by atoms with Crippen LogP contribution in [-0.2, 0) is 13.1 Å². The molecule has 0 amide bonds. The Morgan fingerprint density at radius 2 is 2.11 bits per heavy atom. The molecule has 1 aromatic carbocycles. The van der Waals surface area contributed by atoms with Crippen LogP contribution < -0.4 is 5.32 Å². The molecule has 102 valence electrons. The van der Waals surface area contributed by atoms with Crippen LogP contribution in [0.2, 0.25) is 0 Å². The average Bonchev–Trinajstić information content (AvgIpc) is 2.76. The number of aromatic nitrogens is 2. The molecule has 0 atom stereocenters. The van der Waals surface area contributed by atoms with Crippen LogP contribution in [0.4, 0.5) is 5.82 Å². The summed E-state index contributed by atoms with van der Waals surface area (Å²) in [6.07, 6.45) is 2.31. The van der Waals surface area contributed by atoms with Crippen molar-refractivity contribution in [3.05, 3.63) is 41.6 Å². The summed E-state index contributed by atoms with van der Waals surface area (Å²) in [5, 5.41) is 17.5. The minimum atomic E-state index is 0.317. The van der Waals surface area contributed by atoms with Crippen LogP contribution in [-0.4, -0.2) is 14.9 Å². The van der Waals surface area contributed by atoms with Crippen molar-refractivity contribution in [2.75, 3.05) is 5.32 Å². The Morgan fingerprint density at radius 1 is 1.32 bits per heavy atom. The zero-order chi connectivity index (χ0) is 13.7. The number of rotatable bonds is 6. The summed E-state index contributed by atoms with van der Waals surface area (Å²) in [6, 6.07) is 9.38. The fourth-order valence-electron chi connectivity index (χ4n) is 1.98. The quantitative estimate of drug-likeness (QED) is 0.836. The molecular weight excluding hydrogens is 238 g/mol. The van der Waals surface area contributed by atoms with Crippen LogP contribution in [0, 0.1) is 6.92 Å². The molecule has 0 aliphatic carbocycles. The maximum atomic E-state index is 9.70. The number of nitrogens with zero attached hydrogens (tertiary/aromatic N) is 2. The van der Waals surface area contributed by atoms with Gasteiger partial charge in [-0.1, -0.05) is 31.5 Å². The SMILES string of the molecule is CCCCn1nc(NCc2ccccc2O)cc1C. The van der Waals surface area contributed by atoms with E-state index in [1.54, 1.807) is 6.07 Å². The highest BCUT2D eigenvalue weighted by Gasteiger charge is 2.05. The molecule has 4 heteroatoms. The van der Waals surface area contributed by atoms with E-state index in [-0.39, 0.29) is 0 Å². The van der Waals surface area contributed by atoms with Crippen LogP contribution in [0.5, 0.6) is 5.75 Å². The molecule has 1 aromatic heterocycles. The molecule has 2 N–H and O–H groups in total. The minimum Gasteiger partial charge on any atom is -0.508 e. The summed E-state index contributed by atoms with van der Waals surface area (Å²) in [4.78, 5) is 0. The topological polar surface area (TPSA) is 50.1 Å². The summed E-state index contributed by atoms with van der Waals surface area (Å²) < 4.78 is 2.02. The third-order valence-electron chi connectivity index (χ3n) is 3.16. The van der Waals surface area contributed by atoms with Gasteiger partial charge >= 0.3 is 0 Å². The first-order valence-electron chi connectivity index (χ1n) is 6.76. The third-order valence-corrected chi connectivity index (χ3v) is 3.16. The van der Waals surface area contributed by atoms with Gasteiger partial charge in [-0.3, -0.25) is 4.68 Å². The standard InChI is InChI=1S/C15H21N3O/c1-3-4-9-18-12(2)10-15(17-18)16-11-13-7-5-6-8-14(13)19/h5-8,10,19H,3-4,9,11H2,1-2H3,(H,16,17). The predicted molar refractivity (Wildman–Crippen MR) is 77.3 cm³/mol. The van der Waals surface area contributed by atoms with Gasteiger partial charge in [-0.25, -0.2) is 0 Å². The van der Waals surface area contributed by atoms with Crippen molar-refractivity contribution in [2.45, 2.75) is 39.8 Å². The second-order valence-electron chi connectivity index (χ2n) is 4.73. The Balaban J connectivity index is 1.98. The first-order chi connectivity index (χ1) is 9.20. The molecular formula is C15H21N3O. The first kappa shape index (κ1) is 13.5. The van der Waals surface area contributed by atoms with Crippen LogP contribution in [0.1, 0.15) is 31.0 Å². The van der Waals surface area contributed by atoms with Gasteiger partial charge in [0.2, 0.25) is 0 Å². The third kappa shape index (κ3) is 3.50. The summed E-state index contributed by atoms with van der Waals surface area (Å²) in [5.41, 5.74) is 2.04. The number of hydrogen-bond donors (Lipinski definition) is 2. The molecule has 2 aromatic rings. The Kier molecular flexibility index (Phi) is 4.44. The highest BCUT2D eigenvalue weighted by molar-refractivity contribution is 5.39. The van der Waals surface area contributed by atoms with E-state index in [0.717, 1.165) is 30.0 Å². The second kappa shape index (κ2) is 6.27. The Bertz CT molecular complexity index is 534. The maximum absolute atomic E-state index is 9.70. The molecule has 0 saturated heterocycles. The van der Waals surface area contributed by atoms with E-state index in [4.69, 9.17) is 0 Å². The van der Waals surface area contributed by atoms with Gasteiger partial charge < -0.3 is 10.4 Å². The average molecular weight is 259 g/mol. The Morgan fingerprint density at radius 3 is 2.84 bits per heavy atom. The van der Waals surface area contributed by atoms with Gasteiger partial charge in [0.25, 0.3) is 0 Å². The lowest BCUT2D eigenvalue weighted by Gasteiger charge is -2.05. The van der Waals surface area contributed by atoms with Crippen LogP contribution >= 0.6 is 0 Å². The van der Waals surface area contributed by atoms with Gasteiger partial charge in [0.1, 0.15) is 11.6 Å². The zero-order valence-electron chi connectivity index (χ0n) is 11.6. The van der Waals surface area contributed by atoms with Crippen molar-refractivity contribution in [3.63, 3.8) is 0 Å². The van der Waals surface area contributed by atoms with Crippen molar-refractivity contribution in [3.8, 4) is 5.75 Å². The molecule has 0 aliphatic rings. The van der Waals surface area contributed by atoms with Crippen LogP contribution in [0.3, 0.4) is 0 Å². The molecule has 0 unspecified atom stereocenters. The number of aromatic hydroxyl groups is 1. The summed E-state index contributed by atoms with van der Waals surface area (Å²) in [7, 11) is 0. The van der Waals surface area contributed by atoms with Crippen LogP contribution in [0.15, 0.2) is 30.3 Å². The number of hydrogen-bond acceptors (Lipinski definition) is 3. The van der Waals surface area contributed by atoms with Gasteiger partial charge in [0, 0.05) is 30.4 Å². The molecule has 0 bridgehead atoms. The fraction of sp³-hybridized carbons (Fsp3) is 0.400.